The first-order valence-electron chi connectivity index (χ1n) is 6.74. The molecule has 102 valence electrons. The Labute approximate surface area is 118 Å². The van der Waals surface area contributed by atoms with Gasteiger partial charge in [0.25, 0.3) is 0 Å². The highest BCUT2D eigenvalue weighted by molar-refractivity contribution is 6.34. The fourth-order valence-corrected chi connectivity index (χ4v) is 2.92. The molecule has 0 spiro atoms. The third-order valence-corrected chi connectivity index (χ3v) is 4.40. The maximum atomic E-state index is 6.18. The first-order valence-corrected chi connectivity index (χ1v) is 7.12. The zero-order valence-electron chi connectivity index (χ0n) is 11.4. The normalized spacial score (nSPS) is 19.9. The van der Waals surface area contributed by atoms with Crippen molar-refractivity contribution in [2.75, 3.05) is 13.1 Å². The van der Waals surface area contributed by atoms with Gasteiger partial charge in [-0.3, -0.25) is 4.90 Å². The first kappa shape index (κ1) is 12.9. The lowest BCUT2D eigenvalue weighted by Gasteiger charge is -2.36. The molecule has 19 heavy (non-hydrogen) atoms. The minimum Gasteiger partial charge on any atom is -0.346 e. The molecular formula is C14H19ClN4. The molecule has 0 unspecified atom stereocenters. The highest BCUT2D eigenvalue weighted by Crippen LogP contribution is 2.31. The second-order valence-electron chi connectivity index (χ2n) is 6.14. The number of H-pyrrole nitrogens is 1. The Kier molecular flexibility index (Phi) is 3.23. The summed E-state index contributed by atoms with van der Waals surface area (Å²) in [5.74, 6) is 0. The van der Waals surface area contributed by atoms with E-state index < -0.39 is 0 Å². The Balaban J connectivity index is 1.79. The molecule has 3 heterocycles. The fraction of sp³-hybridized carbons (Fsp3) is 0.571. The van der Waals surface area contributed by atoms with E-state index in [0.29, 0.717) is 10.6 Å². The number of aromatic nitrogens is 3. The van der Waals surface area contributed by atoms with E-state index in [4.69, 9.17) is 11.6 Å². The lowest BCUT2D eigenvalue weighted by atomic mass is 9.82. The summed E-state index contributed by atoms with van der Waals surface area (Å²) >= 11 is 6.18. The van der Waals surface area contributed by atoms with Gasteiger partial charge in [-0.1, -0.05) is 25.4 Å². The molecule has 0 radical (unpaired) electrons. The van der Waals surface area contributed by atoms with Crippen LogP contribution in [0.25, 0.3) is 11.0 Å². The number of aromatic amines is 1. The second-order valence-corrected chi connectivity index (χ2v) is 6.50. The third-order valence-electron chi connectivity index (χ3n) is 4.11. The molecule has 4 nitrogen and oxygen atoms in total. The van der Waals surface area contributed by atoms with Crippen molar-refractivity contribution in [1.29, 1.82) is 0 Å². The van der Waals surface area contributed by atoms with Crippen LogP contribution in [0.1, 0.15) is 32.3 Å². The van der Waals surface area contributed by atoms with Crippen molar-refractivity contribution < 1.29 is 0 Å². The van der Waals surface area contributed by atoms with E-state index in [9.17, 15) is 0 Å². The van der Waals surface area contributed by atoms with E-state index in [1.807, 2.05) is 6.20 Å². The Morgan fingerprint density at radius 3 is 2.79 bits per heavy atom. The molecule has 0 amide bonds. The van der Waals surface area contributed by atoms with Crippen LogP contribution < -0.4 is 0 Å². The summed E-state index contributed by atoms with van der Waals surface area (Å²) in [5, 5.41) is 1.51. The van der Waals surface area contributed by atoms with E-state index in [1.54, 1.807) is 0 Å². The number of hydrogen-bond donors (Lipinski definition) is 1. The highest BCUT2D eigenvalue weighted by atomic mass is 35.5. The Morgan fingerprint density at radius 1 is 1.32 bits per heavy atom. The summed E-state index contributed by atoms with van der Waals surface area (Å²) in [6.45, 7) is 7.90. The fourth-order valence-electron chi connectivity index (χ4n) is 2.67. The van der Waals surface area contributed by atoms with E-state index >= 15 is 0 Å². The van der Waals surface area contributed by atoms with Crippen molar-refractivity contribution in [3.05, 3.63) is 23.2 Å². The summed E-state index contributed by atoms with van der Waals surface area (Å²) in [4.78, 5) is 13.9. The van der Waals surface area contributed by atoms with Crippen LogP contribution >= 0.6 is 11.6 Å². The van der Waals surface area contributed by atoms with Crippen LogP contribution in [0.2, 0.25) is 5.15 Å². The van der Waals surface area contributed by atoms with E-state index in [1.165, 1.54) is 24.7 Å². The third kappa shape index (κ3) is 2.60. The number of rotatable bonds is 2. The summed E-state index contributed by atoms with van der Waals surface area (Å²) in [5.41, 5.74) is 2.50. The van der Waals surface area contributed by atoms with Gasteiger partial charge in [0.05, 0.1) is 5.39 Å². The lowest BCUT2D eigenvalue weighted by Crippen LogP contribution is -2.36. The number of fused-ring (bicyclic) bond motifs is 1. The van der Waals surface area contributed by atoms with Crippen molar-refractivity contribution in [2.24, 2.45) is 5.41 Å². The average molecular weight is 279 g/mol. The van der Waals surface area contributed by atoms with Crippen molar-refractivity contribution in [2.45, 2.75) is 33.2 Å². The van der Waals surface area contributed by atoms with Gasteiger partial charge < -0.3 is 4.98 Å². The Morgan fingerprint density at radius 2 is 2.05 bits per heavy atom. The standard InChI is InChI=1S/C14H19ClN4/c1-14(2)3-5-19(6-4-14)8-10-7-16-13-11(10)12(15)17-9-18-13/h7,9H,3-6,8H2,1-2H3,(H,16,17,18). The van der Waals surface area contributed by atoms with Crippen molar-refractivity contribution in [3.63, 3.8) is 0 Å². The highest BCUT2D eigenvalue weighted by Gasteiger charge is 2.25. The summed E-state index contributed by atoms with van der Waals surface area (Å²) in [6, 6.07) is 0. The molecule has 1 N–H and O–H groups in total. The molecule has 1 saturated heterocycles. The predicted molar refractivity (Wildman–Crippen MR) is 77.2 cm³/mol. The number of halogens is 1. The molecule has 0 aliphatic carbocycles. The number of likely N-dealkylation sites (tertiary alicyclic amines) is 1. The molecule has 2 aromatic heterocycles. The van der Waals surface area contributed by atoms with Crippen LogP contribution in [0.15, 0.2) is 12.5 Å². The number of piperidine rings is 1. The summed E-state index contributed by atoms with van der Waals surface area (Å²) in [7, 11) is 0. The smallest absolute Gasteiger partial charge is 0.142 e. The van der Waals surface area contributed by atoms with Crippen LogP contribution in [0.3, 0.4) is 0 Å². The van der Waals surface area contributed by atoms with Gasteiger partial charge in [0.1, 0.15) is 17.1 Å². The maximum absolute atomic E-state index is 6.18. The quantitative estimate of drug-likeness (QED) is 0.858. The van der Waals surface area contributed by atoms with Gasteiger partial charge in [0.2, 0.25) is 0 Å². The topological polar surface area (TPSA) is 44.8 Å². The molecule has 3 rings (SSSR count). The van der Waals surface area contributed by atoms with Gasteiger partial charge in [-0.2, -0.15) is 0 Å². The zero-order chi connectivity index (χ0) is 13.5. The van der Waals surface area contributed by atoms with Gasteiger partial charge >= 0.3 is 0 Å². The van der Waals surface area contributed by atoms with Crippen molar-refractivity contribution in [3.8, 4) is 0 Å². The van der Waals surface area contributed by atoms with Crippen LogP contribution in [0.4, 0.5) is 0 Å². The van der Waals surface area contributed by atoms with E-state index in [2.05, 4.69) is 33.7 Å². The van der Waals surface area contributed by atoms with Crippen molar-refractivity contribution >= 4 is 22.6 Å². The van der Waals surface area contributed by atoms with E-state index in [0.717, 1.165) is 30.7 Å². The van der Waals surface area contributed by atoms with Crippen LogP contribution in [-0.4, -0.2) is 32.9 Å². The minimum atomic E-state index is 0.484. The lowest BCUT2D eigenvalue weighted by molar-refractivity contribution is 0.127. The first-order chi connectivity index (χ1) is 9.05. The van der Waals surface area contributed by atoms with Gasteiger partial charge in [-0.15, -0.1) is 0 Å². The van der Waals surface area contributed by atoms with Gasteiger partial charge in [-0.05, 0) is 36.9 Å². The molecular weight excluding hydrogens is 260 g/mol. The minimum absolute atomic E-state index is 0.484. The second kappa shape index (κ2) is 4.76. The predicted octanol–water partition coefficient (Wildman–Crippen LogP) is 3.23. The van der Waals surface area contributed by atoms with Crippen molar-refractivity contribution in [1.82, 2.24) is 19.9 Å². The van der Waals surface area contributed by atoms with E-state index in [-0.39, 0.29) is 0 Å². The summed E-state index contributed by atoms with van der Waals surface area (Å²) < 4.78 is 0. The molecule has 2 aromatic rings. The molecule has 1 aliphatic heterocycles. The van der Waals surface area contributed by atoms with Crippen LogP contribution in [0, 0.1) is 5.41 Å². The van der Waals surface area contributed by atoms with Gasteiger partial charge in [-0.25, -0.2) is 9.97 Å². The average Bonchev–Trinajstić information content (AvgIpc) is 2.77. The molecule has 0 saturated carbocycles. The molecule has 1 aliphatic rings. The molecule has 5 heteroatoms. The Hall–Kier alpha value is -1.13. The van der Waals surface area contributed by atoms with Gasteiger partial charge in [0.15, 0.2) is 0 Å². The largest absolute Gasteiger partial charge is 0.346 e. The molecule has 0 atom stereocenters. The Bertz CT molecular complexity index is 580. The molecule has 0 bridgehead atoms. The zero-order valence-corrected chi connectivity index (χ0v) is 12.2. The number of hydrogen-bond acceptors (Lipinski definition) is 3. The van der Waals surface area contributed by atoms with Gasteiger partial charge in [0, 0.05) is 12.7 Å². The molecule has 1 fully saturated rings. The summed E-state index contributed by atoms with van der Waals surface area (Å²) in [6.07, 6.45) is 6.00. The van der Waals surface area contributed by atoms with Crippen LogP contribution in [-0.2, 0) is 6.54 Å². The monoisotopic (exact) mass is 278 g/mol. The SMILES string of the molecule is CC1(C)CCN(Cc2c[nH]c3ncnc(Cl)c23)CC1. The molecule has 0 aromatic carbocycles. The van der Waals surface area contributed by atoms with Crippen LogP contribution in [0.5, 0.6) is 0 Å². The maximum Gasteiger partial charge on any atom is 0.142 e. The number of nitrogens with zero attached hydrogens (tertiary/aromatic N) is 3. The number of nitrogens with one attached hydrogen (secondary N) is 1.